The van der Waals surface area contributed by atoms with Crippen LogP contribution in [0.4, 0.5) is 17.6 Å². The Kier molecular flexibility index (Phi) is 5.38. The molecule has 0 radical (unpaired) electrons. The molecule has 1 fully saturated rings. The first kappa shape index (κ1) is 20.2. The molecule has 9 heteroatoms. The molecule has 1 aromatic carbocycles. The van der Waals surface area contributed by atoms with Gasteiger partial charge in [0.2, 0.25) is 11.9 Å². The molecule has 8 nitrogen and oxygen atoms in total. The van der Waals surface area contributed by atoms with E-state index in [4.69, 9.17) is 4.98 Å². The van der Waals surface area contributed by atoms with Gasteiger partial charge in [-0.25, -0.2) is 13.4 Å². The van der Waals surface area contributed by atoms with Gasteiger partial charge in [0.05, 0.1) is 4.90 Å². The van der Waals surface area contributed by atoms with Crippen LogP contribution in [0.15, 0.2) is 47.4 Å². The summed E-state index contributed by atoms with van der Waals surface area (Å²) in [6.45, 7) is 4.00. The van der Waals surface area contributed by atoms with Gasteiger partial charge < -0.3 is 10.6 Å². The van der Waals surface area contributed by atoms with Gasteiger partial charge in [0.15, 0.2) is 15.7 Å². The maximum atomic E-state index is 11.9. The maximum Gasteiger partial charge on any atom is 0.232 e. The van der Waals surface area contributed by atoms with E-state index in [0.29, 0.717) is 35.0 Å². The van der Waals surface area contributed by atoms with Crippen molar-refractivity contribution in [3.63, 3.8) is 0 Å². The first-order chi connectivity index (χ1) is 14.3. The molecule has 156 valence electrons. The van der Waals surface area contributed by atoms with Crippen LogP contribution >= 0.6 is 0 Å². The Labute approximate surface area is 176 Å². The molecule has 2 heterocycles. The second-order valence-electron chi connectivity index (χ2n) is 7.75. The van der Waals surface area contributed by atoms with Crippen LogP contribution in [0.25, 0.3) is 11.5 Å². The molecular formula is C21H24N6O2S. The minimum Gasteiger partial charge on any atom is -0.352 e. The van der Waals surface area contributed by atoms with E-state index in [-0.39, 0.29) is 10.9 Å². The summed E-state index contributed by atoms with van der Waals surface area (Å²) >= 11 is 0. The van der Waals surface area contributed by atoms with E-state index in [0.717, 1.165) is 18.5 Å². The molecule has 0 saturated heterocycles. The van der Waals surface area contributed by atoms with Crippen molar-refractivity contribution in [3.05, 3.63) is 48.2 Å². The Morgan fingerprint density at radius 1 is 0.967 bits per heavy atom. The number of anilines is 3. The molecule has 0 aliphatic heterocycles. The van der Waals surface area contributed by atoms with E-state index < -0.39 is 9.84 Å². The first-order valence-electron chi connectivity index (χ1n) is 9.85. The van der Waals surface area contributed by atoms with Gasteiger partial charge in [-0.1, -0.05) is 12.1 Å². The molecule has 1 saturated carbocycles. The van der Waals surface area contributed by atoms with E-state index in [9.17, 15) is 8.42 Å². The largest absolute Gasteiger partial charge is 0.352 e. The second kappa shape index (κ2) is 7.98. The van der Waals surface area contributed by atoms with Crippen LogP contribution in [0.1, 0.15) is 38.3 Å². The van der Waals surface area contributed by atoms with Crippen molar-refractivity contribution in [2.24, 2.45) is 0 Å². The molecule has 30 heavy (non-hydrogen) atoms. The van der Waals surface area contributed by atoms with Gasteiger partial charge in [0.1, 0.15) is 5.69 Å². The van der Waals surface area contributed by atoms with Crippen LogP contribution in [0.3, 0.4) is 0 Å². The van der Waals surface area contributed by atoms with Gasteiger partial charge in [0.25, 0.3) is 0 Å². The lowest BCUT2D eigenvalue weighted by molar-refractivity contribution is 0.602. The van der Waals surface area contributed by atoms with Crippen molar-refractivity contribution < 1.29 is 8.42 Å². The van der Waals surface area contributed by atoms with E-state index in [1.54, 1.807) is 24.3 Å². The minimum absolute atomic E-state index is 0.132. The summed E-state index contributed by atoms with van der Waals surface area (Å²) in [6.07, 6.45) is 3.50. The van der Waals surface area contributed by atoms with E-state index in [2.05, 4.69) is 25.6 Å². The molecule has 2 aromatic heterocycles. The van der Waals surface area contributed by atoms with Gasteiger partial charge in [-0.05, 0) is 57.0 Å². The third-order valence-electron chi connectivity index (χ3n) is 4.57. The van der Waals surface area contributed by atoms with E-state index in [1.165, 1.54) is 6.26 Å². The van der Waals surface area contributed by atoms with Gasteiger partial charge in [0, 0.05) is 29.6 Å². The number of nitrogens with zero attached hydrogens (tertiary/aromatic N) is 4. The van der Waals surface area contributed by atoms with Gasteiger partial charge in [-0.15, -0.1) is 0 Å². The second-order valence-corrected chi connectivity index (χ2v) is 9.77. The third kappa shape index (κ3) is 4.91. The van der Waals surface area contributed by atoms with Crippen molar-refractivity contribution >= 4 is 27.4 Å². The summed E-state index contributed by atoms with van der Waals surface area (Å²) in [4.78, 5) is 18.5. The molecule has 0 spiro atoms. The van der Waals surface area contributed by atoms with Crippen molar-refractivity contribution in [3.8, 4) is 11.5 Å². The molecule has 1 aliphatic rings. The van der Waals surface area contributed by atoms with Crippen LogP contribution in [-0.4, -0.2) is 40.7 Å². The lowest BCUT2D eigenvalue weighted by atomic mass is 10.2. The summed E-state index contributed by atoms with van der Waals surface area (Å²) in [5.41, 5.74) is 2.31. The molecule has 0 bridgehead atoms. The van der Waals surface area contributed by atoms with Crippen LogP contribution in [0.5, 0.6) is 0 Å². The first-order valence-corrected chi connectivity index (χ1v) is 11.7. The summed E-state index contributed by atoms with van der Waals surface area (Å²) in [7, 11) is -3.32. The number of sulfone groups is 1. The fourth-order valence-electron chi connectivity index (χ4n) is 2.99. The normalized spacial score (nSPS) is 14.0. The average Bonchev–Trinajstić information content (AvgIpc) is 3.52. The van der Waals surface area contributed by atoms with Gasteiger partial charge >= 0.3 is 0 Å². The molecule has 0 unspecified atom stereocenters. The predicted octanol–water partition coefficient (Wildman–Crippen LogP) is 3.78. The Hall–Kier alpha value is -3.07. The third-order valence-corrected chi connectivity index (χ3v) is 5.68. The van der Waals surface area contributed by atoms with Crippen LogP contribution in [0, 0.1) is 0 Å². The summed E-state index contributed by atoms with van der Waals surface area (Å²) in [6, 6.07) is 12.6. The van der Waals surface area contributed by atoms with Crippen molar-refractivity contribution in [2.45, 2.75) is 43.5 Å². The monoisotopic (exact) mass is 424 g/mol. The maximum absolute atomic E-state index is 11.9. The molecule has 4 rings (SSSR count). The number of pyridine rings is 1. The van der Waals surface area contributed by atoms with Crippen LogP contribution in [-0.2, 0) is 9.84 Å². The zero-order valence-electron chi connectivity index (χ0n) is 17.1. The van der Waals surface area contributed by atoms with Crippen LogP contribution in [0.2, 0.25) is 0 Å². The summed E-state index contributed by atoms with van der Waals surface area (Å²) in [5, 5.41) is 6.30. The number of rotatable bonds is 7. The Bertz CT molecular complexity index is 1180. The quantitative estimate of drug-likeness (QED) is 0.590. The van der Waals surface area contributed by atoms with Crippen LogP contribution < -0.4 is 10.6 Å². The highest BCUT2D eigenvalue weighted by Crippen LogP contribution is 2.39. The Balaban J connectivity index is 1.71. The fraction of sp³-hybridized carbons (Fsp3) is 0.333. The number of nitrogens with one attached hydrogen (secondary N) is 2. The SMILES string of the molecule is CC(C)Nc1nc(Nc2cccc(S(C)(=O)=O)c2)nc(-c2cccc(C3CC3)n2)n1. The molecule has 0 amide bonds. The highest BCUT2D eigenvalue weighted by Gasteiger charge is 2.25. The van der Waals surface area contributed by atoms with Gasteiger partial charge in [-0.2, -0.15) is 15.0 Å². The lowest BCUT2D eigenvalue weighted by Gasteiger charge is -2.12. The van der Waals surface area contributed by atoms with Crippen molar-refractivity contribution in [1.82, 2.24) is 19.9 Å². The Morgan fingerprint density at radius 3 is 2.40 bits per heavy atom. The molecule has 2 N–H and O–H groups in total. The number of hydrogen-bond donors (Lipinski definition) is 2. The topological polar surface area (TPSA) is 110 Å². The van der Waals surface area contributed by atoms with E-state index >= 15 is 0 Å². The number of aromatic nitrogens is 4. The zero-order valence-corrected chi connectivity index (χ0v) is 17.9. The van der Waals surface area contributed by atoms with Crippen molar-refractivity contribution in [1.29, 1.82) is 0 Å². The minimum atomic E-state index is -3.32. The summed E-state index contributed by atoms with van der Waals surface area (Å²) < 4.78 is 23.7. The standard InChI is InChI=1S/C21H24N6O2S/c1-13(2)22-20-25-19(18-9-5-8-17(24-18)14-10-11-14)26-21(27-20)23-15-6-4-7-16(12-15)30(3,28)29/h4-9,12-14H,10-11H2,1-3H3,(H2,22,23,25,26,27). The lowest BCUT2D eigenvalue weighted by Crippen LogP contribution is -2.14. The zero-order chi connectivity index (χ0) is 21.3. The van der Waals surface area contributed by atoms with Crippen molar-refractivity contribution in [2.75, 3.05) is 16.9 Å². The Morgan fingerprint density at radius 2 is 1.70 bits per heavy atom. The van der Waals surface area contributed by atoms with E-state index in [1.807, 2.05) is 32.0 Å². The molecule has 1 aliphatic carbocycles. The smallest absolute Gasteiger partial charge is 0.232 e. The molecule has 0 atom stereocenters. The van der Waals surface area contributed by atoms with Gasteiger partial charge in [-0.3, -0.25) is 0 Å². The number of benzene rings is 1. The number of hydrogen-bond acceptors (Lipinski definition) is 8. The molecule has 3 aromatic rings. The predicted molar refractivity (Wildman–Crippen MR) is 117 cm³/mol. The summed E-state index contributed by atoms with van der Waals surface area (Å²) in [5.74, 6) is 1.72. The highest BCUT2D eigenvalue weighted by molar-refractivity contribution is 7.90. The fourth-order valence-corrected chi connectivity index (χ4v) is 3.65. The molecular weight excluding hydrogens is 400 g/mol. The highest BCUT2D eigenvalue weighted by atomic mass is 32.2. The average molecular weight is 425 g/mol.